The van der Waals surface area contributed by atoms with Gasteiger partial charge in [-0.05, 0) is 0 Å². The molecule has 0 aliphatic heterocycles. The number of nitrogens with one attached hydrogen (secondary N) is 1. The van der Waals surface area contributed by atoms with Gasteiger partial charge in [0.2, 0.25) is 5.95 Å². The predicted octanol–water partition coefficient (Wildman–Crippen LogP) is 1.11. The van der Waals surface area contributed by atoms with E-state index in [9.17, 15) is 0 Å². The Bertz CT molecular complexity index is 444. The third-order valence-corrected chi connectivity index (χ3v) is 1.78. The van der Waals surface area contributed by atoms with Crippen molar-refractivity contribution in [1.29, 1.82) is 0 Å². The SMILES string of the molecule is CNc1nc(Cl)c2nccnc2n1. The molecule has 66 valence electrons. The number of aromatic nitrogens is 4. The first kappa shape index (κ1) is 8.12. The molecule has 0 aliphatic carbocycles. The van der Waals surface area contributed by atoms with Gasteiger partial charge in [0.05, 0.1) is 0 Å². The highest BCUT2D eigenvalue weighted by molar-refractivity contribution is 6.33. The molecule has 2 rings (SSSR count). The molecule has 0 bridgehead atoms. The summed E-state index contributed by atoms with van der Waals surface area (Å²) >= 11 is 5.85. The highest BCUT2D eigenvalue weighted by atomic mass is 35.5. The van der Waals surface area contributed by atoms with Crippen molar-refractivity contribution in [1.82, 2.24) is 19.9 Å². The third-order valence-electron chi connectivity index (χ3n) is 1.51. The molecular formula is C7H6ClN5. The number of nitrogens with zero attached hydrogens (tertiary/aromatic N) is 4. The monoisotopic (exact) mass is 195 g/mol. The van der Waals surface area contributed by atoms with E-state index in [0.29, 0.717) is 22.3 Å². The van der Waals surface area contributed by atoms with Crippen LogP contribution in [0.4, 0.5) is 5.95 Å². The Morgan fingerprint density at radius 1 is 1.23 bits per heavy atom. The van der Waals surface area contributed by atoms with E-state index >= 15 is 0 Å². The fourth-order valence-corrected chi connectivity index (χ4v) is 1.15. The largest absolute Gasteiger partial charge is 0.357 e. The standard InChI is InChI=1S/C7H6ClN5/c1-9-7-12-5(8)4-6(13-7)11-3-2-10-4/h2-3H,1H3,(H,9,11,12,13). The van der Waals surface area contributed by atoms with E-state index in [1.54, 1.807) is 19.4 Å². The number of halogens is 1. The molecule has 0 aromatic carbocycles. The molecule has 0 saturated carbocycles. The van der Waals surface area contributed by atoms with Gasteiger partial charge in [0.25, 0.3) is 0 Å². The van der Waals surface area contributed by atoms with E-state index < -0.39 is 0 Å². The lowest BCUT2D eigenvalue weighted by molar-refractivity contribution is 1.14. The molecule has 0 fully saturated rings. The number of hydrogen-bond acceptors (Lipinski definition) is 5. The Balaban J connectivity index is 2.77. The maximum Gasteiger partial charge on any atom is 0.226 e. The van der Waals surface area contributed by atoms with Crippen molar-refractivity contribution < 1.29 is 0 Å². The molecule has 0 amide bonds. The van der Waals surface area contributed by atoms with Crippen molar-refractivity contribution >= 4 is 28.7 Å². The van der Waals surface area contributed by atoms with Gasteiger partial charge in [0, 0.05) is 19.4 Å². The van der Waals surface area contributed by atoms with Crippen molar-refractivity contribution in [2.75, 3.05) is 12.4 Å². The molecule has 2 aromatic rings. The van der Waals surface area contributed by atoms with Crippen LogP contribution in [0.15, 0.2) is 12.4 Å². The molecule has 6 heteroatoms. The van der Waals surface area contributed by atoms with Crippen LogP contribution in [0.3, 0.4) is 0 Å². The lowest BCUT2D eigenvalue weighted by Crippen LogP contribution is -1.98. The Morgan fingerprint density at radius 3 is 2.77 bits per heavy atom. The van der Waals surface area contributed by atoms with E-state index in [-0.39, 0.29) is 0 Å². The van der Waals surface area contributed by atoms with Crippen molar-refractivity contribution in [2.24, 2.45) is 0 Å². The van der Waals surface area contributed by atoms with Crippen LogP contribution in [0.5, 0.6) is 0 Å². The van der Waals surface area contributed by atoms with Gasteiger partial charge >= 0.3 is 0 Å². The van der Waals surface area contributed by atoms with Gasteiger partial charge in [0.1, 0.15) is 5.52 Å². The molecule has 2 heterocycles. The van der Waals surface area contributed by atoms with Crippen LogP contribution in [0.2, 0.25) is 5.15 Å². The summed E-state index contributed by atoms with van der Waals surface area (Å²) in [4.78, 5) is 16.1. The maximum atomic E-state index is 5.85. The number of hydrogen-bond donors (Lipinski definition) is 1. The van der Waals surface area contributed by atoms with E-state index in [2.05, 4.69) is 25.3 Å². The van der Waals surface area contributed by atoms with E-state index in [1.807, 2.05) is 0 Å². The molecular weight excluding hydrogens is 190 g/mol. The van der Waals surface area contributed by atoms with Crippen LogP contribution in [0.25, 0.3) is 11.2 Å². The fraction of sp³-hybridized carbons (Fsp3) is 0.143. The minimum Gasteiger partial charge on any atom is -0.357 e. The fourth-order valence-electron chi connectivity index (χ4n) is 0.941. The van der Waals surface area contributed by atoms with Crippen LogP contribution in [0.1, 0.15) is 0 Å². The van der Waals surface area contributed by atoms with Gasteiger partial charge in [-0.15, -0.1) is 0 Å². The molecule has 0 atom stereocenters. The average molecular weight is 196 g/mol. The molecule has 0 unspecified atom stereocenters. The van der Waals surface area contributed by atoms with E-state index in [1.165, 1.54) is 0 Å². The average Bonchev–Trinajstić information content (AvgIpc) is 2.18. The third kappa shape index (κ3) is 1.38. The molecule has 1 N–H and O–H groups in total. The summed E-state index contributed by atoms with van der Waals surface area (Å²) in [7, 11) is 1.72. The normalized spacial score (nSPS) is 10.3. The Labute approximate surface area is 79.2 Å². The smallest absolute Gasteiger partial charge is 0.226 e. The van der Waals surface area contributed by atoms with Gasteiger partial charge in [0.15, 0.2) is 10.8 Å². The lowest BCUT2D eigenvalue weighted by Gasteiger charge is -2.00. The molecule has 0 saturated heterocycles. The minimum atomic E-state index is 0.308. The molecule has 0 radical (unpaired) electrons. The summed E-state index contributed by atoms with van der Waals surface area (Å²) in [6.45, 7) is 0. The summed E-state index contributed by atoms with van der Waals surface area (Å²) in [6, 6.07) is 0. The van der Waals surface area contributed by atoms with Gasteiger partial charge in [-0.2, -0.15) is 9.97 Å². The maximum absolute atomic E-state index is 5.85. The van der Waals surface area contributed by atoms with Gasteiger partial charge in [-0.25, -0.2) is 9.97 Å². The summed E-state index contributed by atoms with van der Waals surface area (Å²) in [5.74, 6) is 0.443. The van der Waals surface area contributed by atoms with Crippen molar-refractivity contribution in [3.8, 4) is 0 Å². The predicted molar refractivity (Wildman–Crippen MR) is 49.7 cm³/mol. The van der Waals surface area contributed by atoms with Crippen molar-refractivity contribution in [2.45, 2.75) is 0 Å². The van der Waals surface area contributed by atoms with Gasteiger partial charge < -0.3 is 5.32 Å². The number of rotatable bonds is 1. The topological polar surface area (TPSA) is 63.6 Å². The first-order chi connectivity index (χ1) is 6.31. The first-order valence-electron chi connectivity index (χ1n) is 3.63. The highest BCUT2D eigenvalue weighted by Crippen LogP contribution is 2.16. The summed E-state index contributed by atoms with van der Waals surface area (Å²) < 4.78 is 0. The number of fused-ring (bicyclic) bond motifs is 1. The zero-order valence-corrected chi connectivity index (χ0v) is 7.58. The van der Waals surface area contributed by atoms with Gasteiger partial charge in [-0.1, -0.05) is 11.6 Å². The molecule has 13 heavy (non-hydrogen) atoms. The van der Waals surface area contributed by atoms with Crippen LogP contribution < -0.4 is 5.32 Å². The second-order valence-electron chi connectivity index (χ2n) is 2.32. The number of anilines is 1. The first-order valence-corrected chi connectivity index (χ1v) is 4.01. The van der Waals surface area contributed by atoms with Crippen LogP contribution in [-0.2, 0) is 0 Å². The Kier molecular flexibility index (Phi) is 1.94. The van der Waals surface area contributed by atoms with E-state index in [4.69, 9.17) is 11.6 Å². The zero-order chi connectivity index (χ0) is 9.26. The van der Waals surface area contributed by atoms with E-state index in [0.717, 1.165) is 0 Å². The van der Waals surface area contributed by atoms with Crippen molar-refractivity contribution in [3.05, 3.63) is 17.5 Å². The second-order valence-corrected chi connectivity index (χ2v) is 2.67. The van der Waals surface area contributed by atoms with Crippen LogP contribution in [-0.4, -0.2) is 27.0 Å². The summed E-state index contributed by atoms with van der Waals surface area (Å²) in [5.41, 5.74) is 1.01. The Morgan fingerprint density at radius 2 is 2.00 bits per heavy atom. The van der Waals surface area contributed by atoms with Crippen LogP contribution in [0, 0.1) is 0 Å². The summed E-state index contributed by atoms with van der Waals surface area (Å²) in [6.07, 6.45) is 3.11. The second kappa shape index (κ2) is 3.10. The highest BCUT2D eigenvalue weighted by Gasteiger charge is 2.05. The molecule has 0 spiro atoms. The minimum absolute atomic E-state index is 0.308. The molecule has 0 aliphatic rings. The van der Waals surface area contributed by atoms with Crippen LogP contribution >= 0.6 is 11.6 Å². The molecule has 2 aromatic heterocycles. The zero-order valence-electron chi connectivity index (χ0n) is 6.82. The lowest BCUT2D eigenvalue weighted by atomic mass is 10.5. The van der Waals surface area contributed by atoms with Gasteiger partial charge in [-0.3, -0.25) is 0 Å². The quantitative estimate of drug-likeness (QED) is 0.691. The summed E-state index contributed by atoms with van der Waals surface area (Å²) in [5, 5.41) is 3.09. The molecule has 5 nitrogen and oxygen atoms in total. The van der Waals surface area contributed by atoms with Crippen molar-refractivity contribution in [3.63, 3.8) is 0 Å². The Hall–Kier alpha value is -1.49.